The van der Waals surface area contributed by atoms with Gasteiger partial charge in [-0.05, 0) is 57.3 Å². The van der Waals surface area contributed by atoms with Crippen LogP contribution in [0.1, 0.15) is 98.8 Å². The maximum atomic E-state index is 14.2. The smallest absolute Gasteiger partial charge is 0.328 e. The Morgan fingerprint density at radius 1 is 0.609 bits per heavy atom. The molecule has 2 saturated heterocycles. The van der Waals surface area contributed by atoms with Crippen LogP contribution in [0, 0.1) is 11.8 Å². The molecule has 0 saturated carbocycles. The number of amides is 11. The van der Waals surface area contributed by atoms with Crippen LogP contribution in [0.4, 0.5) is 0 Å². The van der Waals surface area contributed by atoms with Crippen molar-refractivity contribution in [3.05, 3.63) is 0 Å². The van der Waals surface area contributed by atoms with E-state index in [0.29, 0.717) is 12.8 Å². The first-order valence-electron chi connectivity index (χ1n) is 22.8. The first kappa shape index (κ1) is 58.6. The highest BCUT2D eigenvalue weighted by Crippen LogP contribution is 2.26. The molecule has 0 aromatic carbocycles. The third-order valence-electron chi connectivity index (χ3n) is 11.9. The minimum atomic E-state index is -1.79. The number of aliphatic carboxylic acids is 1. The van der Waals surface area contributed by atoms with Crippen molar-refractivity contribution < 1.29 is 72.9 Å². The molecule has 69 heavy (non-hydrogen) atoms. The van der Waals surface area contributed by atoms with Gasteiger partial charge in [0.05, 0.1) is 25.2 Å². The quantitative estimate of drug-likeness (QED) is 0.0347. The Bertz CT molecular complexity index is 1920. The molecule has 2 heterocycles. The molecule has 2 aliphatic rings. The number of carbonyl (C=O) groups is 12. The highest BCUT2D eigenvalue weighted by atomic mass is 16.4. The zero-order chi connectivity index (χ0) is 52.4. The molecule has 2 aliphatic heterocycles. The van der Waals surface area contributed by atoms with Gasteiger partial charge in [0.15, 0.2) is 6.04 Å². The van der Waals surface area contributed by atoms with Crippen molar-refractivity contribution >= 4 is 70.9 Å². The highest BCUT2D eigenvalue weighted by Gasteiger charge is 2.45. The van der Waals surface area contributed by atoms with Gasteiger partial charge >= 0.3 is 5.97 Å². The number of carbonyl (C=O) groups excluding carboxylic acids is 11. The molecule has 0 bridgehead atoms. The summed E-state index contributed by atoms with van der Waals surface area (Å²) in [5, 5.41) is 43.8. The third-order valence-corrected chi connectivity index (χ3v) is 11.9. The Labute approximate surface area is 398 Å². The topological polar surface area (TPSA) is 448 Å². The van der Waals surface area contributed by atoms with Crippen LogP contribution in [0.5, 0.6) is 0 Å². The molecule has 0 aromatic heterocycles. The molecule has 0 aliphatic carbocycles. The van der Waals surface area contributed by atoms with Gasteiger partial charge in [0.1, 0.15) is 42.3 Å². The van der Waals surface area contributed by atoms with Crippen molar-refractivity contribution in [1.29, 1.82) is 0 Å². The van der Waals surface area contributed by atoms with Gasteiger partial charge in [-0.1, -0.05) is 34.1 Å². The van der Waals surface area contributed by atoms with Gasteiger partial charge in [0, 0.05) is 25.9 Å². The number of nitrogens with two attached hydrogens (primary N) is 4. The van der Waals surface area contributed by atoms with Gasteiger partial charge < -0.3 is 80.0 Å². The number of hydrogen-bond acceptors (Lipinski definition) is 15. The van der Waals surface area contributed by atoms with Crippen LogP contribution >= 0.6 is 0 Å². The van der Waals surface area contributed by atoms with Crippen LogP contribution in [0.3, 0.4) is 0 Å². The van der Waals surface area contributed by atoms with Gasteiger partial charge in [-0.2, -0.15) is 0 Å². The van der Waals surface area contributed by atoms with E-state index >= 15 is 0 Å². The van der Waals surface area contributed by atoms with Gasteiger partial charge in [0.2, 0.25) is 65.0 Å². The Morgan fingerprint density at radius 2 is 1.12 bits per heavy atom. The van der Waals surface area contributed by atoms with Crippen LogP contribution in [-0.2, 0) is 57.5 Å². The maximum absolute atomic E-state index is 14.2. The van der Waals surface area contributed by atoms with E-state index in [2.05, 4.69) is 31.9 Å². The standard InChI is InChI=1S/C42H70N12O15/c1-6-20(4)32(51-35(61)23(12-14-29(45)58)47-34(60)22(43)11-13-28(44)57)39(65)49-25(18-55)36(62)48-24(17-30(46)59)40(66)54-16-8-10-27(54)41(67)53-15-7-9-26(53)37(63)50-31(19(2)3)38(64)52-33(21(5)56)42(68)69/h19-27,31-33,55-56H,6-18,43H2,1-5H3,(H2,44,57)(H2,45,58)(H2,46,59)(H,47,60)(H,48,62)(H,49,65)(H,50,63)(H,51,61)(H,52,64)(H,68,69)/t20-,21+,22-,23-,24-,25-,26-,27-,31-,32-,33-/m0/s1. The van der Waals surface area contributed by atoms with E-state index in [-0.39, 0.29) is 58.0 Å². The lowest BCUT2D eigenvalue weighted by atomic mass is 9.97. The molecule has 2 fully saturated rings. The Balaban J connectivity index is 2.27. The second-order valence-corrected chi connectivity index (χ2v) is 17.7. The lowest BCUT2D eigenvalue weighted by molar-refractivity contribution is -0.149. The number of carboxylic acids is 1. The van der Waals surface area contributed by atoms with Crippen LogP contribution in [0.2, 0.25) is 0 Å². The molecule has 17 N–H and O–H groups in total. The van der Waals surface area contributed by atoms with Gasteiger partial charge in [-0.25, -0.2) is 4.79 Å². The van der Waals surface area contributed by atoms with E-state index in [4.69, 9.17) is 22.9 Å². The number of nitrogens with zero attached hydrogens (tertiary/aromatic N) is 2. The fourth-order valence-corrected chi connectivity index (χ4v) is 7.75. The zero-order valence-electron chi connectivity index (χ0n) is 39.6. The minimum absolute atomic E-state index is 0.0225. The molecule has 11 amide bonds. The molecular formula is C42H70N12O15. The van der Waals surface area contributed by atoms with Crippen molar-refractivity contribution in [3.63, 3.8) is 0 Å². The van der Waals surface area contributed by atoms with Gasteiger partial charge in [-0.3, -0.25) is 52.7 Å². The summed E-state index contributed by atoms with van der Waals surface area (Å²) in [7, 11) is 0. The number of carboxylic acid groups (broad SMARTS) is 1. The lowest BCUT2D eigenvalue weighted by Gasteiger charge is -2.34. The van der Waals surface area contributed by atoms with Crippen LogP contribution < -0.4 is 54.8 Å². The van der Waals surface area contributed by atoms with E-state index < -0.39 is 156 Å². The maximum Gasteiger partial charge on any atom is 0.328 e. The third kappa shape index (κ3) is 17.5. The fraction of sp³-hybridized carbons (Fsp3) is 0.714. The van der Waals surface area contributed by atoms with E-state index in [1.165, 1.54) is 11.8 Å². The van der Waals surface area contributed by atoms with Crippen molar-refractivity contribution in [1.82, 2.24) is 41.7 Å². The summed E-state index contributed by atoms with van der Waals surface area (Å²) in [5.74, 6) is -12.5. The summed E-state index contributed by atoms with van der Waals surface area (Å²) >= 11 is 0. The van der Waals surface area contributed by atoms with Crippen LogP contribution in [-0.4, -0.2) is 176 Å². The first-order chi connectivity index (χ1) is 32.2. The highest BCUT2D eigenvalue weighted by molar-refractivity contribution is 5.99. The van der Waals surface area contributed by atoms with E-state index in [1.54, 1.807) is 27.7 Å². The Hall–Kier alpha value is -6.48. The summed E-state index contributed by atoms with van der Waals surface area (Å²) < 4.78 is 0. The molecule has 0 radical (unpaired) electrons. The number of rotatable bonds is 28. The largest absolute Gasteiger partial charge is 0.480 e. The van der Waals surface area contributed by atoms with Crippen LogP contribution in [0.15, 0.2) is 0 Å². The molecule has 11 atom stereocenters. The minimum Gasteiger partial charge on any atom is -0.480 e. The SMILES string of the molecule is CC[C@H](C)[C@H](NC(=O)[C@H](CCC(N)=O)NC(=O)[C@@H](N)CCC(N)=O)C(=O)N[C@@H](CO)C(=O)N[C@@H](CC(N)=O)C(=O)N1CCC[C@H]1C(=O)N1CCC[C@H]1C(=O)N[C@H](C(=O)N[C@H](C(=O)O)[C@@H](C)O)C(C)C. The van der Waals surface area contributed by atoms with Crippen molar-refractivity contribution in [2.45, 2.75) is 159 Å². The summed E-state index contributed by atoms with van der Waals surface area (Å²) in [6, 6.07) is -12.9. The van der Waals surface area contributed by atoms with E-state index in [9.17, 15) is 72.9 Å². The second kappa shape index (κ2) is 27.5. The van der Waals surface area contributed by atoms with Gasteiger partial charge in [-0.15, -0.1) is 0 Å². The summed E-state index contributed by atoms with van der Waals surface area (Å²) in [6.07, 6.45) is -2.11. The molecule has 27 heteroatoms. The number of primary amides is 3. The normalized spacial score (nSPS) is 19.6. The first-order valence-corrected chi connectivity index (χ1v) is 22.8. The summed E-state index contributed by atoms with van der Waals surface area (Å²) in [4.78, 5) is 158. The number of aliphatic hydroxyl groups excluding tert-OH is 2. The Kier molecular flexibility index (Phi) is 23.4. The number of hydrogen-bond donors (Lipinski definition) is 13. The zero-order valence-corrected chi connectivity index (χ0v) is 39.6. The molecule has 0 spiro atoms. The molecule has 0 unspecified atom stereocenters. The number of aliphatic hydroxyl groups is 2. The average Bonchev–Trinajstić information content (AvgIpc) is 3.98. The lowest BCUT2D eigenvalue weighted by Crippen LogP contribution is -2.62. The van der Waals surface area contributed by atoms with Gasteiger partial charge in [0.25, 0.3) is 0 Å². The van der Waals surface area contributed by atoms with Crippen molar-refractivity contribution in [2.24, 2.45) is 34.8 Å². The van der Waals surface area contributed by atoms with Crippen molar-refractivity contribution in [3.8, 4) is 0 Å². The Morgan fingerprint density at radius 3 is 1.64 bits per heavy atom. The fourth-order valence-electron chi connectivity index (χ4n) is 7.75. The second-order valence-electron chi connectivity index (χ2n) is 17.7. The van der Waals surface area contributed by atoms with E-state index in [0.717, 1.165) is 4.90 Å². The predicted octanol–water partition coefficient (Wildman–Crippen LogP) is -6.23. The number of nitrogens with one attached hydrogen (secondary N) is 6. The number of likely N-dealkylation sites (tertiary alicyclic amines) is 2. The average molecular weight is 983 g/mol. The molecule has 388 valence electrons. The molecular weight excluding hydrogens is 913 g/mol. The molecule has 27 nitrogen and oxygen atoms in total. The summed E-state index contributed by atoms with van der Waals surface area (Å²) in [6.45, 7) is 6.62. The summed E-state index contributed by atoms with van der Waals surface area (Å²) in [5.41, 5.74) is 21.7. The predicted molar refractivity (Wildman–Crippen MR) is 240 cm³/mol. The monoisotopic (exact) mass is 983 g/mol. The molecule has 0 aromatic rings. The van der Waals surface area contributed by atoms with E-state index in [1.807, 2.05) is 0 Å². The van der Waals surface area contributed by atoms with Crippen molar-refractivity contribution in [2.75, 3.05) is 19.7 Å². The van der Waals surface area contributed by atoms with Crippen LogP contribution in [0.25, 0.3) is 0 Å². The molecule has 2 rings (SSSR count).